The first kappa shape index (κ1) is 13.7. The highest BCUT2D eigenvalue weighted by Gasteiger charge is 2.40. The molecule has 5 heteroatoms. The third-order valence-electron chi connectivity index (χ3n) is 3.51. The summed E-state index contributed by atoms with van der Waals surface area (Å²) in [6, 6.07) is 7.35. The molecule has 0 aliphatic carbocycles. The maximum absolute atomic E-state index is 11.3. The predicted molar refractivity (Wildman–Crippen MR) is 70.7 cm³/mol. The fourth-order valence-electron chi connectivity index (χ4n) is 2.38. The topological polar surface area (TPSA) is 67.8 Å². The van der Waals surface area contributed by atoms with Crippen molar-refractivity contribution in [3.05, 3.63) is 24.3 Å². The molecule has 1 heterocycles. The van der Waals surface area contributed by atoms with Crippen LogP contribution < -0.4 is 14.8 Å². The van der Waals surface area contributed by atoms with Crippen molar-refractivity contribution in [2.45, 2.75) is 24.8 Å². The molecule has 1 aliphatic rings. The summed E-state index contributed by atoms with van der Waals surface area (Å²) in [5.74, 6) is 0.503. The van der Waals surface area contributed by atoms with Crippen LogP contribution in [-0.4, -0.2) is 36.9 Å². The van der Waals surface area contributed by atoms with Gasteiger partial charge < -0.3 is 19.9 Å². The van der Waals surface area contributed by atoms with E-state index < -0.39 is 11.5 Å². The van der Waals surface area contributed by atoms with Crippen molar-refractivity contribution in [3.8, 4) is 11.5 Å². The second-order valence-electron chi connectivity index (χ2n) is 4.67. The third-order valence-corrected chi connectivity index (χ3v) is 3.51. The summed E-state index contributed by atoms with van der Waals surface area (Å²) in [6.07, 6.45) is 1.99. The van der Waals surface area contributed by atoms with Crippen LogP contribution in [0, 0.1) is 0 Å². The Labute approximate surface area is 112 Å². The Balaban J connectivity index is 1.94. The van der Waals surface area contributed by atoms with E-state index in [1.807, 2.05) is 24.3 Å². The van der Waals surface area contributed by atoms with Crippen molar-refractivity contribution in [2.75, 3.05) is 20.3 Å². The molecule has 19 heavy (non-hydrogen) atoms. The minimum Gasteiger partial charge on any atom is -0.493 e. The van der Waals surface area contributed by atoms with Crippen molar-refractivity contribution < 1.29 is 19.4 Å². The smallest absolute Gasteiger partial charge is 0.324 e. The number of hydrogen-bond acceptors (Lipinski definition) is 4. The molecule has 1 aromatic rings. The first-order chi connectivity index (χ1) is 9.18. The molecule has 0 radical (unpaired) electrons. The SMILES string of the molecule is COc1ccccc1OCCC1(C(=O)O)CCCN1. The minimum absolute atomic E-state index is 0.347. The van der Waals surface area contributed by atoms with Gasteiger partial charge in [0.1, 0.15) is 5.54 Å². The molecule has 2 rings (SSSR count). The molecule has 1 fully saturated rings. The van der Waals surface area contributed by atoms with E-state index in [4.69, 9.17) is 9.47 Å². The number of carboxylic acids is 1. The average Bonchev–Trinajstić information content (AvgIpc) is 2.89. The van der Waals surface area contributed by atoms with Crippen molar-refractivity contribution in [3.63, 3.8) is 0 Å². The van der Waals surface area contributed by atoms with Crippen LogP contribution >= 0.6 is 0 Å². The summed E-state index contributed by atoms with van der Waals surface area (Å²) in [7, 11) is 1.58. The first-order valence-corrected chi connectivity index (χ1v) is 6.42. The van der Waals surface area contributed by atoms with Gasteiger partial charge in [0.15, 0.2) is 11.5 Å². The Morgan fingerprint density at radius 1 is 1.42 bits per heavy atom. The van der Waals surface area contributed by atoms with E-state index in [9.17, 15) is 9.90 Å². The lowest BCUT2D eigenvalue weighted by Gasteiger charge is -2.24. The maximum atomic E-state index is 11.3. The van der Waals surface area contributed by atoms with E-state index in [2.05, 4.69) is 5.32 Å². The standard InChI is InChI=1S/C14H19NO4/c1-18-11-5-2-3-6-12(11)19-10-8-14(13(16)17)7-4-9-15-14/h2-3,5-6,15H,4,7-10H2,1H3,(H,16,17). The van der Waals surface area contributed by atoms with E-state index in [0.717, 1.165) is 13.0 Å². The molecular formula is C14H19NO4. The van der Waals surface area contributed by atoms with Gasteiger partial charge in [-0.15, -0.1) is 0 Å². The summed E-state index contributed by atoms with van der Waals surface area (Å²) in [6.45, 7) is 1.10. The van der Waals surface area contributed by atoms with Crippen LogP contribution in [-0.2, 0) is 4.79 Å². The number of aliphatic carboxylic acids is 1. The zero-order chi connectivity index (χ0) is 13.7. The summed E-state index contributed by atoms with van der Waals surface area (Å²) >= 11 is 0. The normalized spacial score (nSPS) is 22.2. The van der Waals surface area contributed by atoms with Crippen LogP contribution in [0.1, 0.15) is 19.3 Å². The summed E-state index contributed by atoms with van der Waals surface area (Å²) < 4.78 is 10.8. The zero-order valence-electron chi connectivity index (χ0n) is 11.0. The van der Waals surface area contributed by atoms with Crippen molar-refractivity contribution in [1.29, 1.82) is 0 Å². The van der Waals surface area contributed by atoms with Crippen LogP contribution in [0.25, 0.3) is 0 Å². The van der Waals surface area contributed by atoms with Crippen LogP contribution in [0.3, 0.4) is 0 Å². The second kappa shape index (κ2) is 5.93. The molecule has 1 saturated heterocycles. The van der Waals surface area contributed by atoms with Gasteiger partial charge in [-0.1, -0.05) is 12.1 Å². The van der Waals surface area contributed by atoms with E-state index in [0.29, 0.717) is 30.9 Å². The number of rotatable bonds is 6. The van der Waals surface area contributed by atoms with Crippen LogP contribution in [0.5, 0.6) is 11.5 Å². The van der Waals surface area contributed by atoms with Crippen molar-refractivity contribution in [1.82, 2.24) is 5.32 Å². The Hall–Kier alpha value is -1.75. The largest absolute Gasteiger partial charge is 0.493 e. The molecule has 1 aliphatic heterocycles. The second-order valence-corrected chi connectivity index (χ2v) is 4.67. The first-order valence-electron chi connectivity index (χ1n) is 6.42. The Kier molecular flexibility index (Phi) is 4.27. The number of carboxylic acid groups (broad SMARTS) is 1. The molecule has 104 valence electrons. The summed E-state index contributed by atoms with van der Waals surface area (Å²) in [5, 5.41) is 12.4. The lowest BCUT2D eigenvalue weighted by Crippen LogP contribution is -2.48. The molecule has 0 saturated carbocycles. The maximum Gasteiger partial charge on any atom is 0.324 e. The molecule has 0 bridgehead atoms. The number of para-hydroxylation sites is 2. The van der Waals surface area contributed by atoms with Gasteiger partial charge in [0.25, 0.3) is 0 Å². The molecular weight excluding hydrogens is 246 g/mol. The van der Waals surface area contributed by atoms with Gasteiger partial charge in [0.05, 0.1) is 13.7 Å². The fraction of sp³-hybridized carbons (Fsp3) is 0.500. The Morgan fingerprint density at radius 2 is 2.16 bits per heavy atom. The van der Waals surface area contributed by atoms with Crippen LogP contribution in [0.2, 0.25) is 0 Å². The number of nitrogens with one attached hydrogen (secondary N) is 1. The molecule has 1 unspecified atom stereocenters. The molecule has 5 nitrogen and oxygen atoms in total. The van der Waals surface area contributed by atoms with E-state index in [1.165, 1.54) is 0 Å². The summed E-state index contributed by atoms with van der Waals surface area (Å²) in [5.41, 5.74) is -0.831. The Bertz CT molecular complexity index is 441. The highest BCUT2D eigenvalue weighted by Crippen LogP contribution is 2.28. The fourth-order valence-corrected chi connectivity index (χ4v) is 2.38. The predicted octanol–water partition coefficient (Wildman–Crippen LogP) is 1.67. The number of methoxy groups -OCH3 is 1. The van der Waals surface area contributed by atoms with Gasteiger partial charge in [0.2, 0.25) is 0 Å². The van der Waals surface area contributed by atoms with Crippen LogP contribution in [0.4, 0.5) is 0 Å². The molecule has 0 spiro atoms. The minimum atomic E-state index is -0.831. The highest BCUT2D eigenvalue weighted by molar-refractivity contribution is 5.79. The monoisotopic (exact) mass is 265 g/mol. The summed E-state index contributed by atoms with van der Waals surface area (Å²) in [4.78, 5) is 11.3. The number of benzene rings is 1. The van der Waals surface area contributed by atoms with Crippen LogP contribution in [0.15, 0.2) is 24.3 Å². The van der Waals surface area contributed by atoms with Gasteiger partial charge in [-0.25, -0.2) is 0 Å². The molecule has 1 aromatic carbocycles. The molecule has 0 amide bonds. The highest BCUT2D eigenvalue weighted by atomic mass is 16.5. The number of ether oxygens (including phenoxy) is 2. The third kappa shape index (κ3) is 2.98. The van der Waals surface area contributed by atoms with Crippen molar-refractivity contribution in [2.24, 2.45) is 0 Å². The van der Waals surface area contributed by atoms with Gasteiger partial charge >= 0.3 is 5.97 Å². The van der Waals surface area contributed by atoms with Gasteiger partial charge in [-0.2, -0.15) is 0 Å². The average molecular weight is 265 g/mol. The molecule has 2 N–H and O–H groups in total. The van der Waals surface area contributed by atoms with E-state index in [-0.39, 0.29) is 0 Å². The van der Waals surface area contributed by atoms with E-state index in [1.54, 1.807) is 7.11 Å². The quantitative estimate of drug-likeness (QED) is 0.819. The van der Waals surface area contributed by atoms with E-state index >= 15 is 0 Å². The molecule has 0 aromatic heterocycles. The van der Waals surface area contributed by atoms with Gasteiger partial charge in [-0.05, 0) is 31.5 Å². The molecule has 1 atom stereocenters. The van der Waals surface area contributed by atoms with Gasteiger partial charge in [-0.3, -0.25) is 4.79 Å². The Morgan fingerprint density at radius 3 is 2.74 bits per heavy atom. The number of carbonyl (C=O) groups is 1. The van der Waals surface area contributed by atoms with Crippen molar-refractivity contribution >= 4 is 5.97 Å². The lowest BCUT2D eigenvalue weighted by atomic mass is 9.94. The number of hydrogen-bond donors (Lipinski definition) is 2. The zero-order valence-corrected chi connectivity index (χ0v) is 11.0. The lowest BCUT2D eigenvalue weighted by molar-refractivity contribution is -0.144. The van der Waals surface area contributed by atoms with Gasteiger partial charge in [0, 0.05) is 6.42 Å².